The maximum Gasteiger partial charge on any atom is 0.411 e. The SMILES string of the molecule is NC1CCC(OCCCNC(=O)COCC(F)(F)F)CC1. The summed E-state index contributed by atoms with van der Waals surface area (Å²) in [5, 5.41) is 2.48. The summed E-state index contributed by atoms with van der Waals surface area (Å²) in [6, 6.07) is 0.279. The van der Waals surface area contributed by atoms with Crippen molar-refractivity contribution in [1.29, 1.82) is 0 Å². The van der Waals surface area contributed by atoms with Crippen molar-refractivity contribution >= 4 is 5.91 Å². The average molecular weight is 312 g/mol. The maximum atomic E-state index is 11.8. The first-order chi connectivity index (χ1) is 9.87. The van der Waals surface area contributed by atoms with Gasteiger partial charge in [-0.15, -0.1) is 0 Å². The van der Waals surface area contributed by atoms with E-state index in [1.807, 2.05) is 0 Å². The van der Waals surface area contributed by atoms with Crippen LogP contribution in [0.15, 0.2) is 0 Å². The zero-order valence-corrected chi connectivity index (χ0v) is 12.0. The third-order valence-electron chi connectivity index (χ3n) is 3.21. The Bertz CT molecular complexity index is 306. The Morgan fingerprint density at radius 1 is 1.24 bits per heavy atom. The molecule has 0 saturated heterocycles. The van der Waals surface area contributed by atoms with Crippen LogP contribution in [0.25, 0.3) is 0 Å². The zero-order valence-electron chi connectivity index (χ0n) is 12.0. The standard InChI is InChI=1S/C13H23F3N2O3/c14-13(15,16)9-20-8-12(19)18-6-1-7-21-11-4-2-10(17)3-5-11/h10-11H,1-9,17H2,(H,18,19). The highest BCUT2D eigenvalue weighted by Gasteiger charge is 2.27. The highest BCUT2D eigenvalue weighted by atomic mass is 19.4. The molecule has 0 radical (unpaired) electrons. The quantitative estimate of drug-likeness (QED) is 0.664. The van der Waals surface area contributed by atoms with E-state index in [9.17, 15) is 18.0 Å². The number of carbonyl (C=O) groups excluding carboxylic acids is 1. The zero-order chi connectivity index (χ0) is 15.7. The molecule has 0 aliphatic heterocycles. The lowest BCUT2D eigenvalue weighted by atomic mass is 9.94. The van der Waals surface area contributed by atoms with Gasteiger partial charge in [0.2, 0.25) is 5.91 Å². The molecule has 0 aromatic rings. The topological polar surface area (TPSA) is 73.6 Å². The van der Waals surface area contributed by atoms with Gasteiger partial charge in [-0.1, -0.05) is 0 Å². The summed E-state index contributed by atoms with van der Waals surface area (Å²) in [6.07, 6.45) is 0.299. The molecule has 0 atom stereocenters. The van der Waals surface area contributed by atoms with Crippen molar-refractivity contribution < 1.29 is 27.4 Å². The number of carbonyl (C=O) groups is 1. The molecule has 3 N–H and O–H groups in total. The highest BCUT2D eigenvalue weighted by Crippen LogP contribution is 2.19. The minimum atomic E-state index is -4.41. The van der Waals surface area contributed by atoms with Gasteiger partial charge >= 0.3 is 6.18 Å². The number of nitrogens with two attached hydrogens (primary N) is 1. The third kappa shape index (κ3) is 9.65. The van der Waals surface area contributed by atoms with Crippen molar-refractivity contribution in [3.05, 3.63) is 0 Å². The van der Waals surface area contributed by atoms with Gasteiger partial charge in [-0.05, 0) is 32.1 Å². The molecule has 1 aliphatic rings. The Morgan fingerprint density at radius 2 is 1.90 bits per heavy atom. The number of alkyl halides is 3. The number of hydrogen-bond donors (Lipinski definition) is 2. The lowest BCUT2D eigenvalue weighted by Crippen LogP contribution is -2.32. The van der Waals surface area contributed by atoms with Crippen molar-refractivity contribution in [3.8, 4) is 0 Å². The summed E-state index contributed by atoms with van der Waals surface area (Å²) in [5.74, 6) is -0.553. The first kappa shape index (κ1) is 18.2. The Labute approximate surface area is 122 Å². The summed E-state index contributed by atoms with van der Waals surface area (Å²) in [7, 11) is 0. The van der Waals surface area contributed by atoms with Gasteiger partial charge in [0.15, 0.2) is 0 Å². The van der Waals surface area contributed by atoms with E-state index >= 15 is 0 Å². The predicted molar refractivity (Wildman–Crippen MR) is 70.7 cm³/mol. The molecule has 1 amide bonds. The summed E-state index contributed by atoms with van der Waals surface area (Å²) in [4.78, 5) is 11.2. The maximum absolute atomic E-state index is 11.8. The van der Waals surface area contributed by atoms with Crippen LogP contribution in [0.3, 0.4) is 0 Å². The van der Waals surface area contributed by atoms with Gasteiger partial charge in [0, 0.05) is 19.2 Å². The molecule has 0 unspecified atom stereocenters. The van der Waals surface area contributed by atoms with Crippen LogP contribution >= 0.6 is 0 Å². The number of rotatable bonds is 8. The van der Waals surface area contributed by atoms with Crippen molar-refractivity contribution in [1.82, 2.24) is 5.32 Å². The molecule has 1 rings (SSSR count). The number of halogens is 3. The van der Waals surface area contributed by atoms with Crippen LogP contribution in [0.1, 0.15) is 32.1 Å². The van der Waals surface area contributed by atoms with Crippen molar-refractivity contribution in [2.75, 3.05) is 26.4 Å². The second-order valence-corrected chi connectivity index (χ2v) is 5.22. The van der Waals surface area contributed by atoms with Crippen molar-refractivity contribution in [2.24, 2.45) is 5.73 Å². The lowest BCUT2D eigenvalue weighted by Gasteiger charge is -2.26. The molecular weight excluding hydrogens is 289 g/mol. The van der Waals surface area contributed by atoms with Crippen LogP contribution in [0, 0.1) is 0 Å². The molecule has 1 saturated carbocycles. The van der Waals surface area contributed by atoms with E-state index in [1.54, 1.807) is 0 Å². The highest BCUT2D eigenvalue weighted by molar-refractivity contribution is 5.77. The summed E-state index contributed by atoms with van der Waals surface area (Å²) >= 11 is 0. The largest absolute Gasteiger partial charge is 0.411 e. The molecular formula is C13H23F3N2O3. The van der Waals surface area contributed by atoms with Crippen LogP contribution in [0.5, 0.6) is 0 Å². The molecule has 21 heavy (non-hydrogen) atoms. The van der Waals surface area contributed by atoms with E-state index < -0.39 is 25.3 Å². The van der Waals surface area contributed by atoms with E-state index in [0.717, 1.165) is 25.7 Å². The van der Waals surface area contributed by atoms with Crippen LogP contribution in [-0.2, 0) is 14.3 Å². The summed E-state index contributed by atoms with van der Waals surface area (Å²) < 4.78 is 45.2. The Hall–Kier alpha value is -0.860. The van der Waals surface area contributed by atoms with Gasteiger partial charge in [-0.2, -0.15) is 13.2 Å². The number of nitrogens with one attached hydrogen (secondary N) is 1. The summed E-state index contributed by atoms with van der Waals surface area (Å²) in [5.41, 5.74) is 5.79. The number of amides is 1. The Balaban J connectivity index is 1.93. The molecule has 1 aliphatic carbocycles. The normalized spacial score (nSPS) is 23.0. The van der Waals surface area contributed by atoms with E-state index in [4.69, 9.17) is 10.5 Å². The average Bonchev–Trinajstić information content (AvgIpc) is 2.39. The van der Waals surface area contributed by atoms with E-state index in [2.05, 4.69) is 10.1 Å². The fraction of sp³-hybridized carbons (Fsp3) is 0.923. The Morgan fingerprint density at radius 3 is 2.52 bits per heavy atom. The van der Waals surface area contributed by atoms with Gasteiger partial charge in [0.1, 0.15) is 13.2 Å². The fourth-order valence-electron chi connectivity index (χ4n) is 2.12. The van der Waals surface area contributed by atoms with Crippen molar-refractivity contribution in [2.45, 2.75) is 50.4 Å². The minimum absolute atomic E-state index is 0.232. The van der Waals surface area contributed by atoms with Crippen LogP contribution in [0.2, 0.25) is 0 Å². The minimum Gasteiger partial charge on any atom is -0.378 e. The van der Waals surface area contributed by atoms with Gasteiger partial charge in [-0.3, -0.25) is 4.79 Å². The van der Waals surface area contributed by atoms with Gasteiger partial charge < -0.3 is 20.5 Å². The fourth-order valence-corrected chi connectivity index (χ4v) is 2.12. The third-order valence-corrected chi connectivity index (χ3v) is 3.21. The first-order valence-corrected chi connectivity index (χ1v) is 7.15. The molecule has 0 spiro atoms. The first-order valence-electron chi connectivity index (χ1n) is 7.15. The second-order valence-electron chi connectivity index (χ2n) is 5.22. The van der Waals surface area contributed by atoms with E-state index in [1.165, 1.54) is 0 Å². The second kappa shape index (κ2) is 9.22. The lowest BCUT2D eigenvalue weighted by molar-refractivity contribution is -0.175. The van der Waals surface area contributed by atoms with Crippen molar-refractivity contribution in [3.63, 3.8) is 0 Å². The summed E-state index contributed by atoms with van der Waals surface area (Å²) in [6.45, 7) is -1.11. The molecule has 0 heterocycles. The molecule has 124 valence electrons. The van der Waals surface area contributed by atoms with Gasteiger partial charge in [-0.25, -0.2) is 0 Å². The van der Waals surface area contributed by atoms with E-state index in [-0.39, 0.29) is 12.1 Å². The Kier molecular flexibility index (Phi) is 7.98. The molecule has 5 nitrogen and oxygen atoms in total. The number of ether oxygens (including phenoxy) is 2. The monoisotopic (exact) mass is 312 g/mol. The van der Waals surface area contributed by atoms with E-state index in [0.29, 0.717) is 19.6 Å². The smallest absolute Gasteiger partial charge is 0.378 e. The van der Waals surface area contributed by atoms with Gasteiger partial charge in [0.05, 0.1) is 6.10 Å². The van der Waals surface area contributed by atoms with Crippen LogP contribution in [0.4, 0.5) is 13.2 Å². The molecule has 0 aromatic carbocycles. The molecule has 8 heteroatoms. The van der Waals surface area contributed by atoms with Gasteiger partial charge in [0.25, 0.3) is 0 Å². The molecule has 1 fully saturated rings. The molecule has 0 bridgehead atoms. The number of hydrogen-bond acceptors (Lipinski definition) is 4. The molecule has 0 aromatic heterocycles. The predicted octanol–water partition coefficient (Wildman–Crippen LogP) is 1.36. The van der Waals surface area contributed by atoms with Crippen LogP contribution in [-0.4, -0.2) is 50.6 Å². The van der Waals surface area contributed by atoms with Crippen LogP contribution < -0.4 is 11.1 Å².